The summed E-state index contributed by atoms with van der Waals surface area (Å²) in [5.41, 5.74) is -1.04. The zero-order valence-corrected chi connectivity index (χ0v) is 11.5. The van der Waals surface area contributed by atoms with Crippen molar-refractivity contribution in [3.05, 3.63) is 65.2 Å². The first-order valence-corrected chi connectivity index (χ1v) is 6.52. The molecule has 0 radical (unpaired) electrons. The Balaban J connectivity index is 2.22. The summed E-state index contributed by atoms with van der Waals surface area (Å²) in [7, 11) is 0. The van der Waals surface area contributed by atoms with Crippen LogP contribution in [0.5, 0.6) is 0 Å². The maximum atomic E-state index is 13.9. The first kappa shape index (κ1) is 15.2. The van der Waals surface area contributed by atoms with Crippen LogP contribution in [0.2, 0.25) is 0 Å². The van der Waals surface area contributed by atoms with Crippen molar-refractivity contribution in [3.8, 4) is 22.6 Å². The lowest BCUT2D eigenvalue weighted by Crippen LogP contribution is -1.95. The van der Waals surface area contributed by atoms with Crippen LogP contribution < -0.4 is 0 Å². The Labute approximate surface area is 127 Å². The fourth-order valence-corrected chi connectivity index (χ4v) is 2.26. The lowest BCUT2D eigenvalue weighted by atomic mass is 10.0. The van der Waals surface area contributed by atoms with E-state index < -0.39 is 35.4 Å². The quantitative estimate of drug-likeness (QED) is 0.740. The van der Waals surface area contributed by atoms with Gasteiger partial charge in [0.2, 0.25) is 0 Å². The molecule has 0 atom stereocenters. The lowest BCUT2D eigenvalue weighted by molar-refractivity contribution is 0.281. The standard InChI is InChI=1S/C16H9F4NO2/c17-8-4-5-9(13(20)6-8)16-10(7-22)15(21-23-16)14-11(18)2-1-3-12(14)19/h1-6,22H,7H2. The molecule has 0 aliphatic carbocycles. The zero-order valence-electron chi connectivity index (χ0n) is 11.5. The molecule has 1 aromatic heterocycles. The highest BCUT2D eigenvalue weighted by Gasteiger charge is 2.24. The molecule has 2 aromatic carbocycles. The van der Waals surface area contributed by atoms with Crippen LogP contribution >= 0.6 is 0 Å². The van der Waals surface area contributed by atoms with E-state index >= 15 is 0 Å². The summed E-state index contributed by atoms with van der Waals surface area (Å²) in [5.74, 6) is -3.77. The van der Waals surface area contributed by atoms with Crippen LogP contribution in [-0.4, -0.2) is 10.3 Å². The Kier molecular flexibility index (Phi) is 3.87. The molecule has 118 valence electrons. The van der Waals surface area contributed by atoms with Gasteiger partial charge in [-0.05, 0) is 24.3 Å². The SMILES string of the molecule is OCc1c(-c2c(F)cccc2F)noc1-c1ccc(F)cc1F. The molecule has 0 unspecified atom stereocenters. The fourth-order valence-electron chi connectivity index (χ4n) is 2.26. The van der Waals surface area contributed by atoms with Crippen LogP contribution in [0, 0.1) is 23.3 Å². The number of aromatic nitrogens is 1. The molecule has 0 bridgehead atoms. The molecule has 3 nitrogen and oxygen atoms in total. The van der Waals surface area contributed by atoms with E-state index in [1.807, 2.05) is 0 Å². The summed E-state index contributed by atoms with van der Waals surface area (Å²) in [6.07, 6.45) is 0. The van der Waals surface area contributed by atoms with Crippen LogP contribution in [0.1, 0.15) is 5.56 Å². The maximum absolute atomic E-state index is 13.9. The molecule has 0 fully saturated rings. The average molecular weight is 323 g/mol. The first-order valence-electron chi connectivity index (χ1n) is 6.52. The van der Waals surface area contributed by atoms with E-state index in [1.54, 1.807) is 0 Å². The highest BCUT2D eigenvalue weighted by Crippen LogP contribution is 2.35. The molecular weight excluding hydrogens is 314 g/mol. The number of hydrogen-bond acceptors (Lipinski definition) is 3. The van der Waals surface area contributed by atoms with Crippen molar-refractivity contribution in [3.63, 3.8) is 0 Å². The van der Waals surface area contributed by atoms with Gasteiger partial charge in [0.25, 0.3) is 0 Å². The van der Waals surface area contributed by atoms with Gasteiger partial charge in [0.05, 0.1) is 23.3 Å². The van der Waals surface area contributed by atoms with E-state index in [0.717, 1.165) is 24.3 Å². The van der Waals surface area contributed by atoms with Gasteiger partial charge in [0.15, 0.2) is 5.76 Å². The van der Waals surface area contributed by atoms with E-state index in [1.165, 1.54) is 6.07 Å². The van der Waals surface area contributed by atoms with Crippen molar-refractivity contribution >= 4 is 0 Å². The summed E-state index contributed by atoms with van der Waals surface area (Å²) in [5, 5.41) is 13.0. The van der Waals surface area contributed by atoms with Gasteiger partial charge in [-0.2, -0.15) is 0 Å². The normalized spacial score (nSPS) is 11.0. The van der Waals surface area contributed by atoms with Crippen molar-refractivity contribution in [2.75, 3.05) is 0 Å². The minimum Gasteiger partial charge on any atom is -0.391 e. The molecule has 0 spiro atoms. The second-order valence-electron chi connectivity index (χ2n) is 4.72. The molecule has 0 aliphatic rings. The summed E-state index contributed by atoms with van der Waals surface area (Å²) < 4.78 is 59.5. The van der Waals surface area contributed by atoms with E-state index in [9.17, 15) is 22.7 Å². The van der Waals surface area contributed by atoms with Crippen LogP contribution in [0.15, 0.2) is 40.9 Å². The zero-order chi connectivity index (χ0) is 16.6. The molecular formula is C16H9F4NO2. The predicted octanol–water partition coefficient (Wildman–Crippen LogP) is 4.06. The highest BCUT2D eigenvalue weighted by atomic mass is 19.1. The summed E-state index contributed by atoms with van der Waals surface area (Å²) in [4.78, 5) is 0. The Bertz CT molecular complexity index is 856. The van der Waals surface area contributed by atoms with Gasteiger partial charge in [0, 0.05) is 6.07 Å². The van der Waals surface area contributed by atoms with E-state index in [-0.39, 0.29) is 22.6 Å². The van der Waals surface area contributed by atoms with E-state index in [0.29, 0.717) is 6.07 Å². The monoisotopic (exact) mass is 323 g/mol. The minimum atomic E-state index is -0.948. The Morgan fingerprint density at radius 2 is 1.65 bits per heavy atom. The van der Waals surface area contributed by atoms with Gasteiger partial charge in [0.1, 0.15) is 29.0 Å². The van der Waals surface area contributed by atoms with Crippen LogP contribution in [0.25, 0.3) is 22.6 Å². The topological polar surface area (TPSA) is 46.3 Å². The van der Waals surface area contributed by atoms with Crippen molar-refractivity contribution in [2.45, 2.75) is 6.61 Å². The largest absolute Gasteiger partial charge is 0.391 e. The number of aliphatic hydroxyl groups excluding tert-OH is 1. The lowest BCUT2D eigenvalue weighted by Gasteiger charge is -2.04. The molecule has 3 aromatic rings. The van der Waals surface area contributed by atoms with Crippen LogP contribution in [0.3, 0.4) is 0 Å². The van der Waals surface area contributed by atoms with Gasteiger partial charge in [-0.15, -0.1) is 0 Å². The van der Waals surface area contributed by atoms with Crippen molar-refractivity contribution in [1.82, 2.24) is 5.16 Å². The Morgan fingerprint density at radius 3 is 2.26 bits per heavy atom. The number of benzene rings is 2. The van der Waals surface area contributed by atoms with Crippen molar-refractivity contribution < 1.29 is 27.2 Å². The molecule has 3 rings (SSSR count). The van der Waals surface area contributed by atoms with Crippen molar-refractivity contribution in [1.29, 1.82) is 0 Å². The van der Waals surface area contributed by atoms with Gasteiger partial charge in [-0.1, -0.05) is 11.2 Å². The average Bonchev–Trinajstić information content (AvgIpc) is 2.90. The molecule has 0 amide bonds. The van der Waals surface area contributed by atoms with Crippen molar-refractivity contribution in [2.24, 2.45) is 0 Å². The number of nitrogens with zero attached hydrogens (tertiary/aromatic N) is 1. The Hall–Kier alpha value is -2.67. The molecule has 0 aliphatic heterocycles. The third-order valence-corrected chi connectivity index (χ3v) is 3.32. The van der Waals surface area contributed by atoms with Gasteiger partial charge >= 0.3 is 0 Å². The third kappa shape index (κ3) is 2.59. The maximum Gasteiger partial charge on any atom is 0.175 e. The molecule has 0 saturated heterocycles. The number of halogens is 4. The Morgan fingerprint density at radius 1 is 0.957 bits per heavy atom. The van der Waals surface area contributed by atoms with Crippen LogP contribution in [-0.2, 0) is 6.61 Å². The summed E-state index contributed by atoms with van der Waals surface area (Å²) in [6.45, 7) is -0.696. The highest BCUT2D eigenvalue weighted by molar-refractivity contribution is 5.73. The summed E-state index contributed by atoms with van der Waals surface area (Å²) in [6, 6.07) is 5.92. The van der Waals surface area contributed by atoms with Gasteiger partial charge in [-0.25, -0.2) is 17.6 Å². The molecule has 7 heteroatoms. The van der Waals surface area contributed by atoms with Gasteiger partial charge in [-0.3, -0.25) is 0 Å². The second kappa shape index (κ2) is 5.85. The predicted molar refractivity (Wildman–Crippen MR) is 73.1 cm³/mol. The fraction of sp³-hybridized carbons (Fsp3) is 0.0625. The summed E-state index contributed by atoms with van der Waals surface area (Å²) >= 11 is 0. The third-order valence-electron chi connectivity index (χ3n) is 3.32. The number of rotatable bonds is 3. The number of hydrogen-bond donors (Lipinski definition) is 1. The molecule has 1 heterocycles. The first-order chi connectivity index (χ1) is 11.0. The molecule has 23 heavy (non-hydrogen) atoms. The number of aliphatic hydroxyl groups is 1. The van der Waals surface area contributed by atoms with E-state index in [4.69, 9.17) is 4.52 Å². The van der Waals surface area contributed by atoms with Crippen LogP contribution in [0.4, 0.5) is 17.6 Å². The minimum absolute atomic E-state index is 0.0977. The van der Waals surface area contributed by atoms with E-state index in [2.05, 4.69) is 5.16 Å². The smallest absolute Gasteiger partial charge is 0.175 e. The van der Waals surface area contributed by atoms with Gasteiger partial charge < -0.3 is 9.63 Å². The molecule has 1 N–H and O–H groups in total. The molecule has 0 saturated carbocycles. The second-order valence-corrected chi connectivity index (χ2v) is 4.72.